The maximum absolute atomic E-state index is 5.61. The summed E-state index contributed by atoms with van der Waals surface area (Å²) in [6, 6.07) is 12.2. The molecule has 114 valence electrons. The molecule has 1 N–H and O–H groups in total. The highest BCUT2D eigenvalue weighted by Gasteiger charge is 2.05. The van der Waals surface area contributed by atoms with Crippen molar-refractivity contribution >= 4 is 11.3 Å². The van der Waals surface area contributed by atoms with E-state index in [1.165, 1.54) is 0 Å². The van der Waals surface area contributed by atoms with Crippen LogP contribution in [0.25, 0.3) is 16.9 Å². The summed E-state index contributed by atoms with van der Waals surface area (Å²) in [7, 11) is 0. The lowest BCUT2D eigenvalue weighted by molar-refractivity contribution is 0.317. The Kier molecular flexibility index (Phi) is 4.28. The number of fused-ring (bicyclic) bond motifs is 1. The van der Waals surface area contributed by atoms with Gasteiger partial charge >= 0.3 is 0 Å². The number of nitrogens with zero attached hydrogens (tertiary/aromatic N) is 2. The Bertz CT molecular complexity index is 747. The average molecular weight is 295 g/mol. The van der Waals surface area contributed by atoms with Gasteiger partial charge in [0.15, 0.2) is 0 Å². The molecule has 0 atom stereocenters. The predicted molar refractivity (Wildman–Crippen MR) is 90.6 cm³/mol. The minimum atomic E-state index is 0.751. The van der Waals surface area contributed by atoms with Gasteiger partial charge < -0.3 is 14.5 Å². The molecule has 4 nitrogen and oxygen atoms in total. The lowest BCUT2D eigenvalue weighted by Gasteiger charge is -2.04. The smallest absolute Gasteiger partial charge is 0.137 e. The van der Waals surface area contributed by atoms with E-state index < -0.39 is 0 Å². The predicted octanol–water partition coefficient (Wildman–Crippen LogP) is 4.22. The summed E-state index contributed by atoms with van der Waals surface area (Å²) in [4.78, 5) is 4.67. The lowest BCUT2D eigenvalue weighted by atomic mass is 10.2. The van der Waals surface area contributed by atoms with E-state index in [1.807, 2.05) is 18.2 Å². The topological polar surface area (TPSA) is 38.6 Å². The van der Waals surface area contributed by atoms with Crippen LogP contribution < -0.4 is 10.1 Å². The van der Waals surface area contributed by atoms with Gasteiger partial charge in [-0.15, -0.1) is 0 Å². The summed E-state index contributed by atoms with van der Waals surface area (Å²) in [6.45, 7) is 5.85. The molecule has 22 heavy (non-hydrogen) atoms. The van der Waals surface area contributed by atoms with Crippen LogP contribution in [0.3, 0.4) is 0 Å². The molecule has 0 bridgehead atoms. The highest BCUT2D eigenvalue weighted by molar-refractivity contribution is 5.64. The fraction of sp³-hybridized carbons (Fsp3) is 0.278. The van der Waals surface area contributed by atoms with Gasteiger partial charge in [0, 0.05) is 24.5 Å². The first-order valence-electron chi connectivity index (χ1n) is 7.76. The molecule has 0 aliphatic heterocycles. The quantitative estimate of drug-likeness (QED) is 0.740. The van der Waals surface area contributed by atoms with Crippen LogP contribution in [0.4, 0.5) is 5.69 Å². The van der Waals surface area contributed by atoms with Crippen molar-refractivity contribution in [1.29, 1.82) is 0 Å². The van der Waals surface area contributed by atoms with Gasteiger partial charge in [-0.1, -0.05) is 6.92 Å². The van der Waals surface area contributed by atoms with Crippen LogP contribution in [0.5, 0.6) is 5.75 Å². The summed E-state index contributed by atoms with van der Waals surface area (Å²) in [5.74, 6) is 0.906. The normalized spacial score (nSPS) is 10.8. The number of ether oxygens (including phenoxy) is 1. The second-order valence-corrected chi connectivity index (χ2v) is 5.21. The second kappa shape index (κ2) is 6.52. The third-order valence-corrected chi connectivity index (χ3v) is 3.45. The molecule has 1 aromatic carbocycles. The number of imidazole rings is 1. The van der Waals surface area contributed by atoms with Crippen LogP contribution in [0.2, 0.25) is 0 Å². The molecule has 0 aliphatic carbocycles. The summed E-state index contributed by atoms with van der Waals surface area (Å²) in [6.07, 6.45) is 5.13. The Morgan fingerprint density at radius 2 is 1.86 bits per heavy atom. The maximum atomic E-state index is 5.61. The molecule has 0 radical (unpaired) electrons. The first-order chi connectivity index (χ1) is 10.8. The van der Waals surface area contributed by atoms with Gasteiger partial charge in [0.1, 0.15) is 11.4 Å². The molecular formula is C18H21N3O. The number of nitrogens with one attached hydrogen (secondary N) is 1. The van der Waals surface area contributed by atoms with Crippen molar-refractivity contribution < 1.29 is 4.74 Å². The molecule has 0 unspecified atom stereocenters. The average Bonchev–Trinajstić information content (AvgIpc) is 2.97. The van der Waals surface area contributed by atoms with Gasteiger partial charge in [-0.3, -0.25) is 0 Å². The Morgan fingerprint density at radius 3 is 2.59 bits per heavy atom. The fourth-order valence-electron chi connectivity index (χ4n) is 2.38. The van der Waals surface area contributed by atoms with E-state index in [0.29, 0.717) is 0 Å². The molecule has 0 fully saturated rings. The molecule has 0 aliphatic rings. The summed E-state index contributed by atoms with van der Waals surface area (Å²) >= 11 is 0. The zero-order valence-corrected chi connectivity index (χ0v) is 13.0. The van der Waals surface area contributed by atoms with Crippen molar-refractivity contribution in [3.63, 3.8) is 0 Å². The van der Waals surface area contributed by atoms with Crippen LogP contribution in [0.15, 0.2) is 48.8 Å². The zero-order valence-electron chi connectivity index (χ0n) is 13.0. The molecule has 0 spiro atoms. The number of hydrogen-bond donors (Lipinski definition) is 1. The molecule has 4 heteroatoms. The molecule has 0 saturated carbocycles. The van der Waals surface area contributed by atoms with Crippen LogP contribution in [0, 0.1) is 0 Å². The van der Waals surface area contributed by atoms with Gasteiger partial charge in [-0.05, 0) is 49.7 Å². The number of rotatable bonds is 6. The van der Waals surface area contributed by atoms with E-state index >= 15 is 0 Å². The monoisotopic (exact) mass is 295 g/mol. The van der Waals surface area contributed by atoms with Crippen molar-refractivity contribution in [3.8, 4) is 17.0 Å². The molecule has 0 saturated heterocycles. The van der Waals surface area contributed by atoms with Crippen molar-refractivity contribution in [3.05, 3.63) is 48.8 Å². The van der Waals surface area contributed by atoms with Crippen molar-refractivity contribution in [1.82, 2.24) is 9.38 Å². The Morgan fingerprint density at radius 1 is 1.05 bits per heavy atom. The van der Waals surface area contributed by atoms with Crippen molar-refractivity contribution in [2.75, 3.05) is 18.5 Å². The van der Waals surface area contributed by atoms with E-state index in [0.717, 1.165) is 47.9 Å². The standard InChI is InChI=1S/C18H21N3O/c1-3-11-22-16-8-5-14(6-9-16)17-13-21-12-15(19-4-2)7-10-18(21)20-17/h5-10,12-13,19H,3-4,11H2,1-2H3. The first kappa shape index (κ1) is 14.4. The zero-order chi connectivity index (χ0) is 15.4. The van der Waals surface area contributed by atoms with Gasteiger partial charge in [0.05, 0.1) is 18.0 Å². The van der Waals surface area contributed by atoms with Gasteiger partial charge in [0.2, 0.25) is 0 Å². The van der Waals surface area contributed by atoms with E-state index in [4.69, 9.17) is 4.74 Å². The molecular weight excluding hydrogens is 274 g/mol. The van der Waals surface area contributed by atoms with Gasteiger partial charge in [0.25, 0.3) is 0 Å². The Labute approximate surface area is 130 Å². The molecule has 2 aromatic heterocycles. The third kappa shape index (κ3) is 3.06. The molecule has 2 heterocycles. The Hall–Kier alpha value is -2.49. The van der Waals surface area contributed by atoms with E-state index in [2.05, 4.69) is 59.1 Å². The molecule has 3 aromatic rings. The second-order valence-electron chi connectivity index (χ2n) is 5.21. The van der Waals surface area contributed by atoms with Crippen LogP contribution >= 0.6 is 0 Å². The first-order valence-corrected chi connectivity index (χ1v) is 7.76. The summed E-state index contributed by atoms with van der Waals surface area (Å²) in [5, 5.41) is 3.31. The van der Waals surface area contributed by atoms with E-state index in [9.17, 15) is 0 Å². The fourth-order valence-corrected chi connectivity index (χ4v) is 2.38. The number of pyridine rings is 1. The minimum Gasteiger partial charge on any atom is -0.494 e. The number of hydrogen-bond acceptors (Lipinski definition) is 3. The highest BCUT2D eigenvalue weighted by atomic mass is 16.5. The number of aromatic nitrogens is 2. The van der Waals surface area contributed by atoms with Crippen LogP contribution in [-0.2, 0) is 0 Å². The van der Waals surface area contributed by atoms with Crippen LogP contribution in [-0.4, -0.2) is 22.5 Å². The maximum Gasteiger partial charge on any atom is 0.137 e. The Balaban J connectivity index is 1.86. The summed E-state index contributed by atoms with van der Waals surface area (Å²) in [5.41, 5.74) is 4.11. The molecule has 3 rings (SSSR count). The van der Waals surface area contributed by atoms with Gasteiger partial charge in [-0.25, -0.2) is 4.98 Å². The third-order valence-electron chi connectivity index (χ3n) is 3.45. The largest absolute Gasteiger partial charge is 0.494 e. The number of anilines is 1. The molecule has 0 amide bonds. The highest BCUT2D eigenvalue weighted by Crippen LogP contribution is 2.23. The van der Waals surface area contributed by atoms with Gasteiger partial charge in [-0.2, -0.15) is 0 Å². The van der Waals surface area contributed by atoms with Crippen LogP contribution in [0.1, 0.15) is 20.3 Å². The van der Waals surface area contributed by atoms with Crippen molar-refractivity contribution in [2.45, 2.75) is 20.3 Å². The summed E-state index contributed by atoms with van der Waals surface area (Å²) < 4.78 is 7.66. The minimum absolute atomic E-state index is 0.751. The van der Waals surface area contributed by atoms with E-state index in [1.54, 1.807) is 0 Å². The SMILES string of the molecule is CCCOc1ccc(-c2cn3cc(NCC)ccc3n2)cc1. The number of benzene rings is 1. The van der Waals surface area contributed by atoms with E-state index in [-0.39, 0.29) is 0 Å². The van der Waals surface area contributed by atoms with Crippen molar-refractivity contribution in [2.24, 2.45) is 0 Å². The lowest BCUT2D eigenvalue weighted by Crippen LogP contribution is -1.97.